The van der Waals surface area contributed by atoms with Crippen molar-refractivity contribution in [3.63, 3.8) is 0 Å². The molecule has 0 spiro atoms. The summed E-state index contributed by atoms with van der Waals surface area (Å²) < 4.78 is 2.40. The Kier molecular flexibility index (Phi) is 5.30. The Bertz CT molecular complexity index is 1100. The molecule has 2 atom stereocenters. The first-order valence-corrected chi connectivity index (χ1v) is 11.7. The molecule has 2 aromatic heterocycles. The number of benzene rings is 1. The third-order valence-corrected chi connectivity index (χ3v) is 7.33. The van der Waals surface area contributed by atoms with Gasteiger partial charge >= 0.3 is 0 Å². The minimum atomic E-state index is 0.0557. The van der Waals surface area contributed by atoms with E-state index >= 15 is 0 Å². The number of hydrogen-bond acceptors (Lipinski definition) is 2. The van der Waals surface area contributed by atoms with E-state index in [9.17, 15) is 0 Å². The average molecular weight is 431 g/mol. The van der Waals surface area contributed by atoms with Crippen LogP contribution in [0.3, 0.4) is 0 Å². The summed E-state index contributed by atoms with van der Waals surface area (Å²) in [7, 11) is 0. The van der Waals surface area contributed by atoms with Gasteiger partial charge in [0.25, 0.3) is 0 Å². The Labute approximate surface area is 190 Å². The van der Waals surface area contributed by atoms with Gasteiger partial charge in [-0.3, -0.25) is 4.98 Å². The van der Waals surface area contributed by atoms with Gasteiger partial charge in [-0.25, -0.2) is 0 Å². The van der Waals surface area contributed by atoms with Crippen LogP contribution in [0.4, 0.5) is 0 Å². The lowest BCUT2D eigenvalue weighted by atomic mass is 9.95. The van der Waals surface area contributed by atoms with E-state index in [1.54, 1.807) is 0 Å². The van der Waals surface area contributed by atoms with Gasteiger partial charge in [-0.2, -0.15) is 0 Å². The minimum Gasteiger partial charge on any atom is -0.352 e. The Hall–Kier alpha value is -2.66. The first kappa shape index (κ1) is 20.3. The molecular weight excluding hydrogens is 400 g/mol. The van der Waals surface area contributed by atoms with Gasteiger partial charge in [0, 0.05) is 29.3 Å². The Balaban J connectivity index is 1.65. The van der Waals surface area contributed by atoms with Crippen molar-refractivity contribution in [2.45, 2.75) is 64.6 Å². The molecule has 5 rings (SSSR count). The Morgan fingerprint density at radius 1 is 1.00 bits per heavy atom. The van der Waals surface area contributed by atoms with Crippen molar-refractivity contribution in [3.8, 4) is 5.69 Å². The predicted octanol–water partition coefficient (Wildman–Crippen LogP) is 5.71. The normalized spacial score (nSPS) is 21.6. The van der Waals surface area contributed by atoms with E-state index in [4.69, 9.17) is 17.2 Å². The number of para-hydroxylation sites is 1. The molecule has 5 heteroatoms. The van der Waals surface area contributed by atoms with Crippen LogP contribution in [0.5, 0.6) is 0 Å². The van der Waals surface area contributed by atoms with Crippen molar-refractivity contribution in [2.75, 3.05) is 0 Å². The average Bonchev–Trinajstić information content (AvgIpc) is 3.47. The molecule has 31 heavy (non-hydrogen) atoms. The van der Waals surface area contributed by atoms with Gasteiger partial charge in [-0.15, -0.1) is 0 Å². The fraction of sp³-hybridized carbons (Fsp3) is 0.385. The van der Waals surface area contributed by atoms with Gasteiger partial charge in [0.15, 0.2) is 5.11 Å². The fourth-order valence-corrected chi connectivity index (χ4v) is 5.94. The molecule has 4 nitrogen and oxygen atoms in total. The van der Waals surface area contributed by atoms with Crippen LogP contribution in [-0.2, 0) is 0 Å². The highest BCUT2D eigenvalue weighted by atomic mass is 32.1. The second-order valence-electron chi connectivity index (χ2n) is 8.92. The van der Waals surface area contributed by atoms with Gasteiger partial charge in [-0.1, -0.05) is 37.1 Å². The van der Waals surface area contributed by atoms with Gasteiger partial charge in [-0.05, 0) is 81.2 Å². The van der Waals surface area contributed by atoms with Crippen LogP contribution >= 0.6 is 12.2 Å². The maximum Gasteiger partial charge on any atom is 0.170 e. The second-order valence-corrected chi connectivity index (χ2v) is 9.31. The number of thiocarbonyl (C=S) groups is 1. The number of hydrogen-bond donors (Lipinski definition) is 1. The van der Waals surface area contributed by atoms with Crippen molar-refractivity contribution in [1.29, 1.82) is 0 Å². The smallest absolute Gasteiger partial charge is 0.170 e. The summed E-state index contributed by atoms with van der Waals surface area (Å²) in [5, 5.41) is 4.51. The second kappa shape index (κ2) is 8.12. The molecule has 0 unspecified atom stereocenters. The van der Waals surface area contributed by atoms with Crippen LogP contribution in [0.15, 0.2) is 54.7 Å². The van der Waals surface area contributed by atoms with Gasteiger partial charge in [0.1, 0.15) is 0 Å². The molecule has 1 aliphatic carbocycles. The zero-order valence-corrected chi connectivity index (χ0v) is 19.3. The van der Waals surface area contributed by atoms with Crippen LogP contribution in [0.2, 0.25) is 0 Å². The van der Waals surface area contributed by atoms with Crippen molar-refractivity contribution in [1.82, 2.24) is 19.8 Å². The maximum absolute atomic E-state index is 5.91. The van der Waals surface area contributed by atoms with E-state index in [1.165, 1.54) is 53.9 Å². The fourth-order valence-electron chi connectivity index (χ4n) is 5.55. The summed E-state index contributed by atoms with van der Waals surface area (Å²) in [6.45, 7) is 6.64. The molecule has 1 saturated heterocycles. The summed E-state index contributed by atoms with van der Waals surface area (Å²) in [6.07, 6.45) is 6.87. The molecule has 0 bridgehead atoms. The largest absolute Gasteiger partial charge is 0.352 e. The van der Waals surface area contributed by atoms with Crippen molar-refractivity contribution < 1.29 is 0 Å². The molecular formula is C26H30N4S. The van der Waals surface area contributed by atoms with Gasteiger partial charge < -0.3 is 14.8 Å². The van der Waals surface area contributed by atoms with Crippen LogP contribution in [0.1, 0.15) is 66.0 Å². The quantitative estimate of drug-likeness (QED) is 0.537. The van der Waals surface area contributed by atoms with Crippen LogP contribution in [0, 0.1) is 20.8 Å². The van der Waals surface area contributed by atoms with Crippen molar-refractivity contribution in [2.24, 2.45) is 0 Å². The maximum atomic E-state index is 5.91. The standard InChI is InChI=1S/C26H30N4S/c1-17-10-4-7-14-23(17)29-18(2)16-21(19(29)3)25-24(22-13-8-9-15-27-22)28-26(31)30(25)20-11-5-6-12-20/h4,7-10,13-16,20,24-25H,5-6,11-12H2,1-3H3,(H,28,31)/t24-,25-/m1/s1. The van der Waals surface area contributed by atoms with Crippen LogP contribution in [-0.4, -0.2) is 25.6 Å². The van der Waals surface area contributed by atoms with E-state index in [2.05, 4.69) is 78.0 Å². The van der Waals surface area contributed by atoms with Crippen LogP contribution < -0.4 is 5.32 Å². The number of rotatable bonds is 4. The number of aromatic nitrogens is 2. The van der Waals surface area contributed by atoms with Gasteiger partial charge in [0.2, 0.25) is 0 Å². The summed E-state index contributed by atoms with van der Waals surface area (Å²) in [5.74, 6) is 0. The van der Waals surface area contributed by atoms with E-state index in [0.717, 1.165) is 10.8 Å². The lowest BCUT2D eigenvalue weighted by Crippen LogP contribution is -2.37. The summed E-state index contributed by atoms with van der Waals surface area (Å²) in [4.78, 5) is 7.20. The van der Waals surface area contributed by atoms with E-state index in [0.29, 0.717) is 6.04 Å². The lowest BCUT2D eigenvalue weighted by Gasteiger charge is -2.33. The summed E-state index contributed by atoms with van der Waals surface area (Å²) in [6, 6.07) is 17.8. The lowest BCUT2D eigenvalue weighted by molar-refractivity contribution is 0.245. The molecule has 3 aromatic rings. The van der Waals surface area contributed by atoms with Crippen molar-refractivity contribution >= 4 is 17.3 Å². The summed E-state index contributed by atoms with van der Waals surface area (Å²) in [5.41, 5.74) is 7.47. The zero-order chi connectivity index (χ0) is 21.5. The topological polar surface area (TPSA) is 33.1 Å². The first-order chi connectivity index (χ1) is 15.1. The Morgan fingerprint density at radius 3 is 2.45 bits per heavy atom. The molecule has 1 N–H and O–H groups in total. The SMILES string of the molecule is Cc1ccccc1-n1c(C)cc([C@@H]2[C@@H](c3ccccn3)NC(=S)N2C2CCCC2)c1C. The van der Waals surface area contributed by atoms with Crippen LogP contribution in [0.25, 0.3) is 5.69 Å². The highest BCUT2D eigenvalue weighted by molar-refractivity contribution is 7.80. The van der Waals surface area contributed by atoms with Gasteiger partial charge in [0.05, 0.1) is 17.8 Å². The predicted molar refractivity (Wildman–Crippen MR) is 130 cm³/mol. The van der Waals surface area contributed by atoms with E-state index < -0.39 is 0 Å². The molecule has 3 heterocycles. The van der Waals surface area contributed by atoms with E-state index in [1.807, 2.05) is 12.3 Å². The zero-order valence-electron chi connectivity index (χ0n) is 18.5. The molecule has 0 amide bonds. The summed E-state index contributed by atoms with van der Waals surface area (Å²) >= 11 is 5.91. The number of aryl methyl sites for hydroxylation is 2. The molecule has 2 fully saturated rings. The molecule has 2 aliphatic rings. The molecule has 0 radical (unpaired) electrons. The van der Waals surface area contributed by atoms with Crippen molar-refractivity contribution in [3.05, 3.63) is 82.9 Å². The number of nitrogens with zero attached hydrogens (tertiary/aromatic N) is 3. The first-order valence-electron chi connectivity index (χ1n) is 11.3. The molecule has 160 valence electrons. The molecule has 1 saturated carbocycles. The number of pyridine rings is 1. The minimum absolute atomic E-state index is 0.0557. The Morgan fingerprint density at radius 2 is 1.74 bits per heavy atom. The monoisotopic (exact) mass is 430 g/mol. The molecule has 1 aromatic carbocycles. The highest BCUT2D eigenvalue weighted by Gasteiger charge is 2.44. The third-order valence-electron chi connectivity index (χ3n) is 7.00. The highest BCUT2D eigenvalue weighted by Crippen LogP contribution is 2.44. The molecule has 1 aliphatic heterocycles. The number of nitrogens with one attached hydrogen (secondary N) is 1. The third kappa shape index (κ3) is 3.45. The van der Waals surface area contributed by atoms with E-state index in [-0.39, 0.29) is 12.1 Å².